The second-order valence-electron chi connectivity index (χ2n) is 5.86. The first-order chi connectivity index (χ1) is 12.0. The summed E-state index contributed by atoms with van der Waals surface area (Å²) in [5.41, 5.74) is 2.21. The van der Waals surface area contributed by atoms with Crippen molar-refractivity contribution in [1.82, 2.24) is 20.2 Å². The highest BCUT2D eigenvalue weighted by atomic mass is 19.1. The number of benzene rings is 1. The number of nitrogens with one attached hydrogen (secondary N) is 2. The Morgan fingerprint density at radius 1 is 1.48 bits per heavy atom. The number of ether oxygens (including phenoxy) is 1. The van der Waals surface area contributed by atoms with Crippen LogP contribution in [0.25, 0.3) is 0 Å². The summed E-state index contributed by atoms with van der Waals surface area (Å²) < 4.78 is 18.3. The van der Waals surface area contributed by atoms with Crippen molar-refractivity contribution in [1.29, 1.82) is 0 Å². The molecule has 8 heteroatoms. The molecule has 0 unspecified atom stereocenters. The predicted molar refractivity (Wildman–Crippen MR) is 87.3 cm³/mol. The molecule has 2 heterocycles. The number of rotatable bonds is 3. The number of nitrogens with zero attached hydrogens (tertiary/aromatic N) is 2. The van der Waals surface area contributed by atoms with Gasteiger partial charge in [0.05, 0.1) is 19.1 Å². The molecule has 132 valence electrons. The number of aromatic amines is 1. The lowest BCUT2D eigenvalue weighted by molar-refractivity contribution is -0.142. The van der Waals surface area contributed by atoms with Gasteiger partial charge in [-0.25, -0.2) is 19.0 Å². The number of aromatic nitrogens is 2. The quantitative estimate of drug-likeness (QED) is 0.829. The molecule has 0 saturated heterocycles. The summed E-state index contributed by atoms with van der Waals surface area (Å²) in [7, 11) is 1.26. The maximum atomic E-state index is 13.7. The first kappa shape index (κ1) is 16.9. The molecule has 1 aliphatic rings. The van der Waals surface area contributed by atoms with E-state index >= 15 is 0 Å². The summed E-state index contributed by atoms with van der Waals surface area (Å²) in [6, 6.07) is 4.34. The van der Waals surface area contributed by atoms with Crippen LogP contribution in [0.15, 0.2) is 30.6 Å². The Hall–Kier alpha value is -2.90. The maximum Gasteiger partial charge on any atom is 0.328 e. The number of carbonyl (C=O) groups excluding carboxylic acids is 2. The zero-order chi connectivity index (χ0) is 18.0. The molecule has 0 bridgehead atoms. The molecule has 7 nitrogen and oxygen atoms in total. The Bertz CT molecular complexity index is 792. The number of halogens is 1. The first-order valence-corrected chi connectivity index (χ1v) is 7.94. The highest BCUT2D eigenvalue weighted by molar-refractivity contribution is 5.83. The van der Waals surface area contributed by atoms with Crippen molar-refractivity contribution >= 4 is 12.0 Å². The molecule has 2 aromatic rings. The Labute approximate surface area is 144 Å². The van der Waals surface area contributed by atoms with Crippen molar-refractivity contribution in [3.63, 3.8) is 0 Å². The fourth-order valence-electron chi connectivity index (χ4n) is 3.01. The lowest BCUT2D eigenvalue weighted by Crippen LogP contribution is -2.50. The maximum absolute atomic E-state index is 13.7. The number of amides is 2. The van der Waals surface area contributed by atoms with Gasteiger partial charge in [0, 0.05) is 18.7 Å². The van der Waals surface area contributed by atoms with Crippen LogP contribution in [0.3, 0.4) is 0 Å². The Morgan fingerprint density at radius 3 is 3.00 bits per heavy atom. The topological polar surface area (TPSA) is 87.3 Å². The minimum atomic E-state index is -0.786. The minimum Gasteiger partial charge on any atom is -0.467 e. The fourth-order valence-corrected chi connectivity index (χ4v) is 3.01. The highest BCUT2D eigenvalue weighted by Gasteiger charge is 2.35. The van der Waals surface area contributed by atoms with Crippen LogP contribution in [0.2, 0.25) is 0 Å². The van der Waals surface area contributed by atoms with Crippen LogP contribution >= 0.6 is 0 Å². The third-order valence-electron chi connectivity index (χ3n) is 4.24. The molecule has 0 fully saturated rings. The first-order valence-electron chi connectivity index (χ1n) is 7.94. The number of esters is 1. The van der Waals surface area contributed by atoms with Crippen LogP contribution < -0.4 is 5.32 Å². The predicted octanol–water partition coefficient (Wildman–Crippen LogP) is 1.77. The normalized spacial score (nSPS) is 17.6. The number of hydrogen-bond donors (Lipinski definition) is 2. The van der Waals surface area contributed by atoms with Gasteiger partial charge in [-0.3, -0.25) is 0 Å². The van der Waals surface area contributed by atoms with Gasteiger partial charge in [0.1, 0.15) is 17.9 Å². The lowest BCUT2D eigenvalue weighted by atomic mass is 9.96. The van der Waals surface area contributed by atoms with E-state index in [4.69, 9.17) is 0 Å². The summed E-state index contributed by atoms with van der Waals surface area (Å²) in [6.07, 6.45) is 2.16. The van der Waals surface area contributed by atoms with E-state index < -0.39 is 24.1 Å². The average molecular weight is 346 g/mol. The van der Waals surface area contributed by atoms with E-state index in [1.807, 2.05) is 0 Å². The van der Waals surface area contributed by atoms with Crippen molar-refractivity contribution in [2.24, 2.45) is 0 Å². The van der Waals surface area contributed by atoms with Gasteiger partial charge in [-0.2, -0.15) is 0 Å². The summed E-state index contributed by atoms with van der Waals surface area (Å²) in [4.78, 5) is 33.2. The second kappa shape index (κ2) is 6.92. The van der Waals surface area contributed by atoms with Crippen molar-refractivity contribution < 1.29 is 18.7 Å². The van der Waals surface area contributed by atoms with Crippen LogP contribution in [0.4, 0.5) is 9.18 Å². The standard InChI is InChI=1S/C17H19FN4O3/c1-10(16(23)25-2)21-17(24)22-7-6-13-14(20-9-19-13)15(22)11-4-3-5-12(18)8-11/h3-5,8-10,15H,6-7H2,1-2H3,(H,19,20)(H,21,24)/t10-,15-/m1/s1. The van der Waals surface area contributed by atoms with E-state index in [0.29, 0.717) is 24.2 Å². The van der Waals surface area contributed by atoms with Crippen LogP contribution in [0.1, 0.15) is 29.9 Å². The molecule has 0 spiro atoms. The van der Waals surface area contributed by atoms with Gasteiger partial charge in [0.25, 0.3) is 0 Å². The molecule has 0 radical (unpaired) electrons. The molecule has 3 rings (SSSR count). The van der Waals surface area contributed by atoms with Crippen LogP contribution in [-0.4, -0.2) is 46.6 Å². The molecule has 1 aliphatic heterocycles. The monoisotopic (exact) mass is 346 g/mol. The number of H-pyrrole nitrogens is 1. The average Bonchev–Trinajstić information content (AvgIpc) is 3.08. The number of imidazole rings is 1. The van der Waals surface area contributed by atoms with Gasteiger partial charge in [0.2, 0.25) is 0 Å². The van der Waals surface area contributed by atoms with Crippen molar-refractivity contribution in [2.75, 3.05) is 13.7 Å². The van der Waals surface area contributed by atoms with E-state index in [9.17, 15) is 14.0 Å². The number of urea groups is 1. The summed E-state index contributed by atoms with van der Waals surface area (Å²) in [5.74, 6) is -0.920. The van der Waals surface area contributed by atoms with Crippen LogP contribution in [0, 0.1) is 5.82 Å². The molecule has 2 atom stereocenters. The van der Waals surface area contributed by atoms with Crippen molar-refractivity contribution in [3.05, 3.63) is 53.4 Å². The summed E-state index contributed by atoms with van der Waals surface area (Å²) >= 11 is 0. The molecule has 0 aliphatic carbocycles. The number of methoxy groups -OCH3 is 1. The highest BCUT2D eigenvalue weighted by Crippen LogP contribution is 2.33. The van der Waals surface area contributed by atoms with Gasteiger partial charge in [-0.05, 0) is 24.6 Å². The second-order valence-corrected chi connectivity index (χ2v) is 5.86. The minimum absolute atomic E-state index is 0.386. The number of carbonyl (C=O) groups is 2. The largest absolute Gasteiger partial charge is 0.467 e. The Morgan fingerprint density at radius 2 is 2.28 bits per heavy atom. The third-order valence-corrected chi connectivity index (χ3v) is 4.24. The molecule has 0 saturated carbocycles. The van der Waals surface area contributed by atoms with E-state index in [-0.39, 0.29) is 5.82 Å². The third kappa shape index (κ3) is 3.33. The van der Waals surface area contributed by atoms with Crippen LogP contribution in [-0.2, 0) is 16.0 Å². The van der Waals surface area contributed by atoms with E-state index in [1.54, 1.807) is 30.3 Å². The summed E-state index contributed by atoms with van der Waals surface area (Å²) in [5, 5.41) is 2.62. The molecule has 1 aromatic carbocycles. The Balaban J connectivity index is 1.92. The number of fused-ring (bicyclic) bond motifs is 1. The number of hydrogen-bond acceptors (Lipinski definition) is 4. The molecule has 1 aromatic heterocycles. The van der Waals surface area contributed by atoms with E-state index in [1.165, 1.54) is 19.2 Å². The van der Waals surface area contributed by atoms with Gasteiger partial charge in [0.15, 0.2) is 0 Å². The Kier molecular flexibility index (Phi) is 4.69. The van der Waals surface area contributed by atoms with Gasteiger partial charge >= 0.3 is 12.0 Å². The van der Waals surface area contributed by atoms with E-state index in [2.05, 4.69) is 20.0 Å². The van der Waals surface area contributed by atoms with E-state index in [0.717, 1.165) is 5.69 Å². The van der Waals surface area contributed by atoms with Gasteiger partial charge in [-0.1, -0.05) is 12.1 Å². The lowest BCUT2D eigenvalue weighted by Gasteiger charge is -2.35. The fraction of sp³-hybridized carbons (Fsp3) is 0.353. The molecular formula is C17H19FN4O3. The molecule has 2 N–H and O–H groups in total. The van der Waals surface area contributed by atoms with Gasteiger partial charge in [-0.15, -0.1) is 0 Å². The van der Waals surface area contributed by atoms with Gasteiger partial charge < -0.3 is 19.9 Å². The summed E-state index contributed by atoms with van der Waals surface area (Å²) in [6.45, 7) is 1.96. The van der Waals surface area contributed by atoms with Crippen molar-refractivity contribution in [2.45, 2.75) is 25.4 Å². The van der Waals surface area contributed by atoms with Crippen LogP contribution in [0.5, 0.6) is 0 Å². The molecular weight excluding hydrogens is 327 g/mol. The smallest absolute Gasteiger partial charge is 0.328 e. The zero-order valence-electron chi connectivity index (χ0n) is 14.0. The van der Waals surface area contributed by atoms with Crippen molar-refractivity contribution in [3.8, 4) is 0 Å². The SMILES string of the molecule is COC(=O)[C@@H](C)NC(=O)N1CCc2[nH]cnc2[C@H]1c1cccc(F)c1. The molecule has 2 amide bonds. The zero-order valence-corrected chi connectivity index (χ0v) is 14.0. The molecule has 25 heavy (non-hydrogen) atoms.